The molecule has 0 aliphatic heterocycles. The van der Waals surface area contributed by atoms with Crippen LogP contribution in [-0.2, 0) is 0 Å². The molecule has 2 nitrogen and oxygen atoms in total. The van der Waals surface area contributed by atoms with Gasteiger partial charge in [0, 0.05) is 23.4 Å². The summed E-state index contributed by atoms with van der Waals surface area (Å²) in [7, 11) is 0. The Morgan fingerprint density at radius 2 is 1.69 bits per heavy atom. The summed E-state index contributed by atoms with van der Waals surface area (Å²) < 4.78 is 39.5. The van der Waals surface area contributed by atoms with E-state index in [9.17, 15) is 13.2 Å². The zero-order valence-electron chi connectivity index (χ0n) is 8.05. The molecular weight excluding hydrogens is 217 g/mol. The molecule has 16 heavy (non-hydrogen) atoms. The molecule has 0 bridgehead atoms. The van der Waals surface area contributed by atoms with E-state index >= 15 is 0 Å². The van der Waals surface area contributed by atoms with E-state index in [1.165, 1.54) is 6.20 Å². The number of anilines is 1. The molecule has 0 radical (unpaired) electrons. The number of nitrogens with two attached hydrogens (primary N) is 1. The van der Waals surface area contributed by atoms with Gasteiger partial charge < -0.3 is 5.73 Å². The molecular formula is C11H7F3N2. The Labute approximate surface area is 89.5 Å². The highest BCUT2D eigenvalue weighted by molar-refractivity contribution is 5.65. The van der Waals surface area contributed by atoms with Crippen molar-refractivity contribution in [2.45, 2.75) is 0 Å². The Hall–Kier alpha value is -2.04. The van der Waals surface area contributed by atoms with Crippen molar-refractivity contribution in [2.75, 3.05) is 5.73 Å². The minimum Gasteiger partial charge on any atom is -0.396 e. The third-order valence-corrected chi connectivity index (χ3v) is 2.10. The lowest BCUT2D eigenvalue weighted by atomic mass is 10.1. The van der Waals surface area contributed by atoms with Gasteiger partial charge in [0.05, 0.1) is 11.9 Å². The monoisotopic (exact) mass is 224 g/mol. The maximum absolute atomic E-state index is 13.5. The van der Waals surface area contributed by atoms with Gasteiger partial charge in [0.15, 0.2) is 0 Å². The predicted octanol–water partition coefficient (Wildman–Crippen LogP) is 2.75. The highest BCUT2D eigenvalue weighted by Gasteiger charge is 2.10. The number of rotatable bonds is 1. The summed E-state index contributed by atoms with van der Waals surface area (Å²) in [5, 5.41) is 0. The Kier molecular flexibility index (Phi) is 2.52. The maximum atomic E-state index is 13.5. The van der Waals surface area contributed by atoms with Crippen LogP contribution >= 0.6 is 0 Å². The van der Waals surface area contributed by atoms with Gasteiger partial charge in [-0.15, -0.1) is 0 Å². The molecule has 0 amide bonds. The van der Waals surface area contributed by atoms with E-state index < -0.39 is 17.5 Å². The zero-order chi connectivity index (χ0) is 11.7. The quantitative estimate of drug-likeness (QED) is 0.756. The summed E-state index contributed by atoms with van der Waals surface area (Å²) in [6.45, 7) is 0. The molecule has 0 aliphatic rings. The molecule has 0 spiro atoms. The van der Waals surface area contributed by atoms with E-state index in [-0.39, 0.29) is 16.8 Å². The second kappa shape index (κ2) is 3.84. The maximum Gasteiger partial charge on any atom is 0.146 e. The summed E-state index contributed by atoms with van der Waals surface area (Å²) in [5.41, 5.74) is 5.00. The van der Waals surface area contributed by atoms with E-state index in [4.69, 9.17) is 5.73 Å². The Morgan fingerprint density at radius 1 is 0.938 bits per heavy atom. The van der Waals surface area contributed by atoms with Crippen molar-refractivity contribution >= 4 is 5.69 Å². The molecule has 1 heterocycles. The molecule has 1 aromatic carbocycles. The molecule has 2 N–H and O–H groups in total. The average Bonchev–Trinajstić information content (AvgIpc) is 2.23. The summed E-state index contributed by atoms with van der Waals surface area (Å²) in [4.78, 5) is 3.56. The molecule has 82 valence electrons. The van der Waals surface area contributed by atoms with Crippen molar-refractivity contribution in [1.29, 1.82) is 0 Å². The number of hydrogen-bond acceptors (Lipinski definition) is 2. The lowest BCUT2D eigenvalue weighted by molar-refractivity contribution is 0.605. The second-order valence-electron chi connectivity index (χ2n) is 3.25. The van der Waals surface area contributed by atoms with Crippen LogP contribution in [0.15, 0.2) is 30.6 Å². The molecule has 0 saturated carbocycles. The van der Waals surface area contributed by atoms with Gasteiger partial charge in [0.25, 0.3) is 0 Å². The van der Waals surface area contributed by atoms with Crippen molar-refractivity contribution in [1.82, 2.24) is 4.98 Å². The molecule has 2 rings (SSSR count). The third-order valence-electron chi connectivity index (χ3n) is 2.10. The van der Waals surface area contributed by atoms with Gasteiger partial charge in [-0.3, -0.25) is 4.98 Å². The smallest absolute Gasteiger partial charge is 0.146 e. The minimum atomic E-state index is -0.749. The van der Waals surface area contributed by atoms with Crippen LogP contribution in [0.25, 0.3) is 11.1 Å². The predicted molar refractivity (Wildman–Crippen MR) is 54.0 cm³/mol. The van der Waals surface area contributed by atoms with Crippen LogP contribution in [0.2, 0.25) is 0 Å². The standard InChI is InChI=1S/C11H7F3N2/c12-7-1-6(4-16-5-7)8-2-10(14)11(15)3-9(8)13/h1-5H,15H2. The minimum absolute atomic E-state index is 0.0706. The zero-order valence-corrected chi connectivity index (χ0v) is 8.05. The van der Waals surface area contributed by atoms with Gasteiger partial charge in [0.1, 0.15) is 17.5 Å². The number of nitrogens with zero attached hydrogens (tertiary/aromatic N) is 1. The highest BCUT2D eigenvalue weighted by atomic mass is 19.1. The summed E-state index contributed by atoms with van der Waals surface area (Å²) in [6.07, 6.45) is 2.23. The van der Waals surface area contributed by atoms with Crippen LogP contribution in [0.3, 0.4) is 0 Å². The van der Waals surface area contributed by atoms with E-state index in [0.29, 0.717) is 0 Å². The van der Waals surface area contributed by atoms with Crippen molar-refractivity contribution in [3.8, 4) is 11.1 Å². The first-order valence-corrected chi connectivity index (χ1v) is 4.43. The molecule has 2 aromatic rings. The molecule has 1 aromatic heterocycles. The number of benzene rings is 1. The van der Waals surface area contributed by atoms with Crippen LogP contribution in [0.1, 0.15) is 0 Å². The average molecular weight is 224 g/mol. The Morgan fingerprint density at radius 3 is 2.38 bits per heavy atom. The third kappa shape index (κ3) is 1.84. The van der Waals surface area contributed by atoms with Gasteiger partial charge in [-0.25, -0.2) is 13.2 Å². The van der Waals surface area contributed by atoms with E-state index in [1.807, 2.05) is 0 Å². The molecule has 0 saturated heterocycles. The SMILES string of the molecule is Nc1cc(F)c(-c2cncc(F)c2)cc1F. The Bertz CT molecular complexity index is 541. The van der Waals surface area contributed by atoms with Gasteiger partial charge in [0.2, 0.25) is 0 Å². The molecule has 0 fully saturated rings. The normalized spacial score (nSPS) is 10.4. The number of nitrogen functional groups attached to an aromatic ring is 1. The first-order valence-electron chi connectivity index (χ1n) is 4.43. The fraction of sp³-hybridized carbons (Fsp3) is 0. The van der Waals surface area contributed by atoms with Gasteiger partial charge in [-0.2, -0.15) is 0 Å². The number of hydrogen-bond donors (Lipinski definition) is 1. The van der Waals surface area contributed by atoms with Gasteiger partial charge in [-0.05, 0) is 12.1 Å². The summed E-state index contributed by atoms with van der Waals surface area (Å²) in [5.74, 6) is -2.08. The van der Waals surface area contributed by atoms with Crippen molar-refractivity contribution in [3.63, 3.8) is 0 Å². The first-order chi connectivity index (χ1) is 7.58. The number of aromatic nitrogens is 1. The molecule has 0 aliphatic carbocycles. The van der Waals surface area contributed by atoms with Gasteiger partial charge >= 0.3 is 0 Å². The summed E-state index contributed by atoms with van der Waals surface area (Å²) >= 11 is 0. The Balaban J connectivity index is 2.60. The van der Waals surface area contributed by atoms with Crippen LogP contribution in [0.4, 0.5) is 18.9 Å². The lowest BCUT2D eigenvalue weighted by Gasteiger charge is -2.05. The van der Waals surface area contributed by atoms with E-state index in [2.05, 4.69) is 4.98 Å². The largest absolute Gasteiger partial charge is 0.396 e. The van der Waals surface area contributed by atoms with E-state index in [1.54, 1.807) is 0 Å². The molecule has 5 heteroatoms. The van der Waals surface area contributed by atoms with Crippen LogP contribution < -0.4 is 5.73 Å². The van der Waals surface area contributed by atoms with Crippen LogP contribution in [-0.4, -0.2) is 4.98 Å². The fourth-order valence-corrected chi connectivity index (χ4v) is 1.34. The van der Waals surface area contributed by atoms with Gasteiger partial charge in [-0.1, -0.05) is 0 Å². The van der Waals surface area contributed by atoms with Crippen molar-refractivity contribution in [3.05, 3.63) is 48.0 Å². The molecule has 0 unspecified atom stereocenters. The van der Waals surface area contributed by atoms with E-state index in [0.717, 1.165) is 24.4 Å². The van der Waals surface area contributed by atoms with Crippen LogP contribution in [0, 0.1) is 17.5 Å². The number of halogens is 3. The molecule has 0 atom stereocenters. The number of pyridine rings is 1. The lowest BCUT2D eigenvalue weighted by Crippen LogP contribution is -1.95. The topological polar surface area (TPSA) is 38.9 Å². The second-order valence-corrected chi connectivity index (χ2v) is 3.25. The van der Waals surface area contributed by atoms with Crippen molar-refractivity contribution < 1.29 is 13.2 Å². The first kappa shape index (κ1) is 10.5. The summed E-state index contributed by atoms with van der Waals surface area (Å²) in [6, 6.07) is 2.84. The fourth-order valence-electron chi connectivity index (χ4n) is 1.34. The van der Waals surface area contributed by atoms with Crippen LogP contribution in [0.5, 0.6) is 0 Å². The highest BCUT2D eigenvalue weighted by Crippen LogP contribution is 2.26. The van der Waals surface area contributed by atoms with Crippen molar-refractivity contribution in [2.24, 2.45) is 0 Å².